The number of methoxy groups -OCH3 is 1. The zero-order chi connectivity index (χ0) is 26.5. The van der Waals surface area contributed by atoms with Crippen molar-refractivity contribution in [1.29, 1.82) is 5.41 Å². The molecule has 0 radical (unpaired) electrons. The van der Waals surface area contributed by atoms with Gasteiger partial charge in [0.25, 0.3) is 5.91 Å². The van der Waals surface area contributed by atoms with Crippen molar-refractivity contribution in [2.45, 2.75) is 6.42 Å². The fourth-order valence-corrected chi connectivity index (χ4v) is 5.01. The maximum atomic E-state index is 12.7. The Kier molecular flexibility index (Phi) is 7.81. The van der Waals surface area contributed by atoms with E-state index >= 15 is 0 Å². The van der Waals surface area contributed by atoms with Crippen molar-refractivity contribution in [2.24, 2.45) is 4.99 Å². The van der Waals surface area contributed by atoms with E-state index in [0.717, 1.165) is 34.7 Å². The second-order valence-corrected chi connectivity index (χ2v) is 9.58. The molecule has 192 valence electrons. The SMILES string of the molecule is COc1ccc(OCCCOc2ccc(C=C3C(=N)N4C(c5ccccc5Cl)=CSC4=NC3=O)cc2)cc1. The Morgan fingerprint density at radius 1 is 0.947 bits per heavy atom. The van der Waals surface area contributed by atoms with E-state index in [4.69, 9.17) is 31.2 Å². The Morgan fingerprint density at radius 2 is 1.58 bits per heavy atom. The van der Waals surface area contributed by atoms with E-state index in [2.05, 4.69) is 4.99 Å². The smallest absolute Gasteiger partial charge is 0.283 e. The van der Waals surface area contributed by atoms with Crippen molar-refractivity contribution >= 4 is 52.0 Å². The molecule has 0 saturated carbocycles. The fourth-order valence-electron chi connectivity index (χ4n) is 3.90. The molecule has 7 nitrogen and oxygen atoms in total. The molecule has 0 atom stereocenters. The number of ether oxygens (including phenoxy) is 3. The molecule has 0 unspecified atom stereocenters. The van der Waals surface area contributed by atoms with E-state index < -0.39 is 5.91 Å². The summed E-state index contributed by atoms with van der Waals surface area (Å²) in [5, 5.41) is 11.7. The number of amidine groups is 2. The van der Waals surface area contributed by atoms with Gasteiger partial charge < -0.3 is 14.2 Å². The minimum Gasteiger partial charge on any atom is -0.497 e. The molecule has 0 spiro atoms. The largest absolute Gasteiger partial charge is 0.497 e. The van der Waals surface area contributed by atoms with Crippen LogP contribution >= 0.6 is 23.4 Å². The van der Waals surface area contributed by atoms with Gasteiger partial charge in [-0.25, -0.2) is 0 Å². The summed E-state index contributed by atoms with van der Waals surface area (Å²) in [6.45, 7) is 1.03. The maximum absolute atomic E-state index is 12.7. The molecule has 38 heavy (non-hydrogen) atoms. The molecular formula is C29H24ClN3O4S. The normalized spacial score (nSPS) is 15.7. The Balaban J connectivity index is 1.19. The highest BCUT2D eigenvalue weighted by molar-refractivity contribution is 8.17. The molecule has 2 heterocycles. The number of aliphatic imine (C=N–C) groups is 1. The van der Waals surface area contributed by atoms with Gasteiger partial charge in [-0.15, -0.1) is 0 Å². The second-order valence-electron chi connectivity index (χ2n) is 8.34. The van der Waals surface area contributed by atoms with Gasteiger partial charge in [0.2, 0.25) is 0 Å². The van der Waals surface area contributed by atoms with Gasteiger partial charge in [-0.05, 0) is 54.1 Å². The van der Waals surface area contributed by atoms with Crippen LogP contribution in [0.2, 0.25) is 5.02 Å². The summed E-state index contributed by atoms with van der Waals surface area (Å²) in [5.74, 6) is 1.90. The molecule has 0 fully saturated rings. The minimum absolute atomic E-state index is 0.0633. The van der Waals surface area contributed by atoms with Crippen LogP contribution in [-0.2, 0) is 4.79 Å². The molecule has 0 aromatic heterocycles. The predicted octanol–water partition coefficient (Wildman–Crippen LogP) is 6.50. The van der Waals surface area contributed by atoms with Crippen LogP contribution in [0.25, 0.3) is 11.8 Å². The predicted molar refractivity (Wildman–Crippen MR) is 152 cm³/mol. The molecule has 2 aliphatic rings. The Bertz CT molecular complexity index is 1450. The van der Waals surface area contributed by atoms with Crippen LogP contribution < -0.4 is 14.2 Å². The van der Waals surface area contributed by atoms with Crippen LogP contribution in [0.1, 0.15) is 17.5 Å². The molecule has 3 aromatic carbocycles. The number of rotatable bonds is 9. The van der Waals surface area contributed by atoms with Gasteiger partial charge in [0.15, 0.2) is 5.17 Å². The highest BCUT2D eigenvalue weighted by Gasteiger charge is 2.36. The first-order valence-electron chi connectivity index (χ1n) is 11.9. The van der Waals surface area contributed by atoms with Crippen LogP contribution in [0.15, 0.2) is 88.8 Å². The van der Waals surface area contributed by atoms with Crippen LogP contribution in [-0.4, -0.2) is 42.1 Å². The average Bonchev–Trinajstić information content (AvgIpc) is 3.36. The number of carbonyl (C=O) groups is 1. The van der Waals surface area contributed by atoms with Crippen LogP contribution in [0.4, 0.5) is 0 Å². The standard InChI is InChI=1S/C29H24ClN3O4S/c1-35-20-11-13-22(14-12-20)37-16-4-15-36-21-9-7-19(8-10-21)17-24-27(31)33-26(18-38-29(33)32-28(24)34)23-5-2-3-6-25(23)30/h2-3,5-14,17-18,31H,4,15-16H2,1H3. The van der Waals surface area contributed by atoms with E-state index in [0.29, 0.717) is 29.2 Å². The number of fused-ring (bicyclic) bond motifs is 1. The highest BCUT2D eigenvalue weighted by Crippen LogP contribution is 2.39. The average molecular weight is 546 g/mol. The van der Waals surface area contributed by atoms with Gasteiger partial charge in [0.1, 0.15) is 23.1 Å². The second kappa shape index (κ2) is 11.6. The van der Waals surface area contributed by atoms with Crippen molar-refractivity contribution in [2.75, 3.05) is 20.3 Å². The summed E-state index contributed by atoms with van der Waals surface area (Å²) in [7, 11) is 1.63. The van der Waals surface area contributed by atoms with Gasteiger partial charge in [-0.2, -0.15) is 4.99 Å². The third-order valence-corrected chi connectivity index (χ3v) is 7.00. The molecule has 1 amide bonds. The summed E-state index contributed by atoms with van der Waals surface area (Å²) in [5.41, 5.74) is 2.48. The Hall–Kier alpha value is -4.01. The topological polar surface area (TPSA) is 84.2 Å². The lowest BCUT2D eigenvalue weighted by Gasteiger charge is -2.27. The lowest BCUT2D eigenvalue weighted by atomic mass is 10.1. The van der Waals surface area contributed by atoms with E-state index in [9.17, 15) is 4.79 Å². The van der Waals surface area contributed by atoms with Crippen molar-refractivity contribution in [3.63, 3.8) is 0 Å². The first-order chi connectivity index (χ1) is 18.5. The molecule has 0 saturated heterocycles. The van der Waals surface area contributed by atoms with E-state index in [1.54, 1.807) is 24.2 Å². The molecule has 0 aliphatic carbocycles. The third-order valence-electron chi connectivity index (χ3n) is 5.84. The number of carbonyl (C=O) groups excluding carboxylic acids is 1. The van der Waals surface area contributed by atoms with Crippen LogP contribution in [0, 0.1) is 5.41 Å². The molecule has 0 bridgehead atoms. The lowest BCUT2D eigenvalue weighted by Crippen LogP contribution is -2.38. The van der Waals surface area contributed by atoms with Crippen molar-refractivity contribution in [3.05, 3.63) is 99.9 Å². The van der Waals surface area contributed by atoms with E-state index in [1.807, 2.05) is 72.1 Å². The number of hydrogen-bond donors (Lipinski definition) is 1. The van der Waals surface area contributed by atoms with Gasteiger partial charge in [0, 0.05) is 22.4 Å². The van der Waals surface area contributed by atoms with Crippen molar-refractivity contribution in [1.82, 2.24) is 4.90 Å². The third kappa shape index (κ3) is 5.61. The first-order valence-corrected chi connectivity index (χ1v) is 13.1. The van der Waals surface area contributed by atoms with Gasteiger partial charge in [-0.1, -0.05) is 53.7 Å². The summed E-state index contributed by atoms with van der Waals surface area (Å²) in [4.78, 5) is 18.6. The number of hydrogen-bond acceptors (Lipinski definition) is 6. The zero-order valence-corrected chi connectivity index (χ0v) is 22.1. The quantitative estimate of drug-likeness (QED) is 0.244. The van der Waals surface area contributed by atoms with Gasteiger partial charge in [-0.3, -0.25) is 15.1 Å². The van der Waals surface area contributed by atoms with E-state index in [1.165, 1.54) is 11.8 Å². The number of thioether (sulfide) groups is 1. The Morgan fingerprint density at radius 3 is 2.24 bits per heavy atom. The molecular weight excluding hydrogens is 522 g/mol. The minimum atomic E-state index is -0.445. The van der Waals surface area contributed by atoms with Crippen molar-refractivity contribution in [3.8, 4) is 17.2 Å². The summed E-state index contributed by atoms with van der Waals surface area (Å²) in [6, 6.07) is 22.2. The number of nitrogens with zero attached hydrogens (tertiary/aromatic N) is 2. The monoisotopic (exact) mass is 545 g/mol. The number of benzene rings is 3. The number of nitrogens with one attached hydrogen (secondary N) is 1. The molecule has 5 rings (SSSR count). The van der Waals surface area contributed by atoms with Crippen molar-refractivity contribution < 1.29 is 19.0 Å². The summed E-state index contributed by atoms with van der Waals surface area (Å²) < 4.78 is 16.7. The maximum Gasteiger partial charge on any atom is 0.283 e. The summed E-state index contributed by atoms with van der Waals surface area (Å²) >= 11 is 7.70. The molecule has 3 aromatic rings. The first kappa shape index (κ1) is 25.6. The van der Waals surface area contributed by atoms with Gasteiger partial charge >= 0.3 is 0 Å². The molecule has 2 aliphatic heterocycles. The molecule has 1 N–H and O–H groups in total. The fraction of sp³-hybridized carbons (Fsp3) is 0.138. The summed E-state index contributed by atoms with van der Waals surface area (Å²) in [6.07, 6.45) is 2.39. The lowest BCUT2D eigenvalue weighted by molar-refractivity contribution is -0.114. The van der Waals surface area contributed by atoms with E-state index in [-0.39, 0.29) is 11.4 Å². The number of halogens is 1. The number of amides is 1. The Labute approximate surface area is 229 Å². The van der Waals surface area contributed by atoms with Gasteiger partial charge in [0.05, 0.1) is 31.6 Å². The zero-order valence-electron chi connectivity index (χ0n) is 20.5. The van der Waals surface area contributed by atoms with Crippen LogP contribution in [0.5, 0.6) is 17.2 Å². The molecule has 9 heteroatoms. The highest BCUT2D eigenvalue weighted by atomic mass is 35.5. The van der Waals surface area contributed by atoms with Crippen LogP contribution in [0.3, 0.4) is 0 Å².